The second-order valence-electron chi connectivity index (χ2n) is 7.33. The van der Waals surface area contributed by atoms with E-state index in [0.717, 1.165) is 36.5 Å². The van der Waals surface area contributed by atoms with E-state index < -0.39 is 0 Å². The molecule has 2 aromatic carbocycles. The maximum atomic E-state index is 13.4. The minimum absolute atomic E-state index is 0.263. The Bertz CT molecular complexity index is 984. The van der Waals surface area contributed by atoms with Crippen molar-refractivity contribution in [1.82, 2.24) is 14.3 Å². The smallest absolute Gasteiger partial charge is 0.207 e. The number of piperidine rings is 1. The maximum Gasteiger partial charge on any atom is 0.207 e. The summed E-state index contributed by atoms with van der Waals surface area (Å²) in [4.78, 5) is 1.27. The second kappa shape index (κ2) is 8.34. The Labute approximate surface area is 168 Å². The third-order valence-electron chi connectivity index (χ3n) is 5.16. The van der Waals surface area contributed by atoms with E-state index in [9.17, 15) is 9.50 Å². The first-order chi connectivity index (χ1) is 13.6. The summed E-state index contributed by atoms with van der Waals surface area (Å²) in [6.07, 6.45) is 2.23. The first-order valence-electron chi connectivity index (χ1n) is 9.60. The Kier molecular flexibility index (Phi) is 5.66. The van der Waals surface area contributed by atoms with Crippen LogP contribution in [0.15, 0.2) is 54.6 Å². The van der Waals surface area contributed by atoms with E-state index in [0.29, 0.717) is 24.4 Å². The average Bonchev–Trinajstić information content (AvgIpc) is 2.98. The third kappa shape index (κ3) is 4.22. The van der Waals surface area contributed by atoms with E-state index in [1.165, 1.54) is 17.0 Å². The summed E-state index contributed by atoms with van der Waals surface area (Å²) in [5.74, 6) is 0.541. The fourth-order valence-corrected chi connectivity index (χ4v) is 4.09. The highest BCUT2D eigenvalue weighted by molar-refractivity contribution is 7.71. The van der Waals surface area contributed by atoms with Crippen molar-refractivity contribution in [1.29, 1.82) is 0 Å². The second-order valence-corrected chi connectivity index (χ2v) is 7.70. The molecule has 0 amide bonds. The molecule has 28 heavy (non-hydrogen) atoms. The molecule has 1 saturated heterocycles. The molecule has 0 saturated carbocycles. The monoisotopic (exact) mass is 399 g/mol. The van der Waals surface area contributed by atoms with E-state index in [-0.39, 0.29) is 11.9 Å². The van der Waals surface area contributed by atoms with Gasteiger partial charge in [-0.05, 0) is 54.9 Å². The zero-order chi connectivity index (χ0) is 19.5. The van der Waals surface area contributed by atoms with Crippen molar-refractivity contribution in [3.8, 4) is 5.69 Å². The maximum absolute atomic E-state index is 13.4. The van der Waals surface area contributed by atoms with Crippen LogP contribution in [0, 0.1) is 10.6 Å². The van der Waals surface area contributed by atoms with Gasteiger partial charge in [-0.2, -0.15) is 9.78 Å². The Morgan fingerprint density at radius 3 is 2.61 bits per heavy atom. The van der Waals surface area contributed by atoms with Crippen molar-refractivity contribution in [3.05, 3.63) is 76.6 Å². The zero-order valence-electron chi connectivity index (χ0n) is 15.6. The van der Waals surface area contributed by atoms with Crippen LogP contribution < -0.4 is 4.90 Å². The number of nitrogens with one attached hydrogen (secondary N) is 1. The summed E-state index contributed by atoms with van der Waals surface area (Å²) in [6.45, 7) is 2.32. The highest BCUT2D eigenvalue weighted by atomic mass is 32.1. The topological polar surface area (TPSA) is 47.4 Å². The molecule has 2 N–H and O–H groups in total. The lowest BCUT2D eigenvalue weighted by Crippen LogP contribution is -3.13. The Morgan fingerprint density at radius 2 is 1.89 bits per heavy atom. The lowest BCUT2D eigenvalue weighted by Gasteiger charge is -2.26. The molecule has 3 aromatic rings. The van der Waals surface area contributed by atoms with E-state index >= 15 is 0 Å². The number of aliphatic hydroxyl groups excluding tert-OH is 1. The van der Waals surface area contributed by atoms with Gasteiger partial charge in [-0.25, -0.2) is 4.39 Å². The molecule has 0 aliphatic carbocycles. The molecule has 0 radical (unpaired) electrons. The number of aliphatic hydroxyl groups is 1. The van der Waals surface area contributed by atoms with Crippen molar-refractivity contribution in [2.45, 2.75) is 32.0 Å². The van der Waals surface area contributed by atoms with Gasteiger partial charge in [0.1, 0.15) is 24.3 Å². The first-order valence-corrected chi connectivity index (χ1v) is 10.0. The van der Waals surface area contributed by atoms with E-state index in [1.54, 1.807) is 12.1 Å². The van der Waals surface area contributed by atoms with Crippen molar-refractivity contribution in [2.75, 3.05) is 13.1 Å². The van der Waals surface area contributed by atoms with Crippen LogP contribution >= 0.6 is 12.2 Å². The quantitative estimate of drug-likeness (QED) is 0.647. The van der Waals surface area contributed by atoms with Gasteiger partial charge in [0.05, 0.1) is 6.54 Å². The molecule has 0 spiro atoms. The minimum atomic E-state index is -0.279. The summed E-state index contributed by atoms with van der Waals surface area (Å²) < 4.78 is 17.8. The van der Waals surface area contributed by atoms with Gasteiger partial charge in [0.15, 0.2) is 6.67 Å². The van der Waals surface area contributed by atoms with Gasteiger partial charge in [0.25, 0.3) is 0 Å². The normalized spacial score (nSPS) is 19.6. The fraction of sp³-hybridized carbons (Fsp3) is 0.333. The highest BCUT2D eigenvalue weighted by Gasteiger charge is 2.23. The summed E-state index contributed by atoms with van der Waals surface area (Å²) in [5.41, 5.74) is 1.94. The van der Waals surface area contributed by atoms with Crippen LogP contribution in [0.1, 0.15) is 24.2 Å². The average molecular weight is 400 g/mol. The van der Waals surface area contributed by atoms with Gasteiger partial charge in [-0.15, -0.1) is 0 Å². The Morgan fingerprint density at radius 1 is 1.14 bits per heavy atom. The van der Waals surface area contributed by atoms with Gasteiger partial charge in [0.2, 0.25) is 4.77 Å². The molecule has 2 atom stereocenters. The molecule has 1 fully saturated rings. The molecule has 0 bridgehead atoms. The predicted octanol–water partition coefficient (Wildman–Crippen LogP) is 2.13. The molecule has 146 valence electrons. The Hall–Kier alpha value is -2.35. The lowest BCUT2D eigenvalue weighted by molar-refractivity contribution is -0.931. The molecule has 7 heteroatoms. The minimum Gasteiger partial charge on any atom is -0.387 e. The van der Waals surface area contributed by atoms with Gasteiger partial charge in [0, 0.05) is 12.1 Å². The summed E-state index contributed by atoms with van der Waals surface area (Å²) in [5, 5.41) is 14.8. The first kappa shape index (κ1) is 19.0. The summed E-state index contributed by atoms with van der Waals surface area (Å²) in [6, 6.07) is 16.4. The number of likely N-dealkylation sites (tertiary alicyclic amines) is 1. The molecule has 1 aliphatic rings. The largest absolute Gasteiger partial charge is 0.387 e. The molecule has 1 aromatic heterocycles. The number of halogens is 1. The van der Waals surface area contributed by atoms with Crippen LogP contribution in [-0.2, 0) is 13.1 Å². The van der Waals surface area contributed by atoms with Gasteiger partial charge in [-0.1, -0.05) is 30.3 Å². The molecular weight excluding hydrogens is 375 g/mol. The summed E-state index contributed by atoms with van der Waals surface area (Å²) >= 11 is 5.74. The van der Waals surface area contributed by atoms with Crippen molar-refractivity contribution in [2.24, 2.45) is 0 Å². The van der Waals surface area contributed by atoms with E-state index in [4.69, 9.17) is 17.3 Å². The van der Waals surface area contributed by atoms with Gasteiger partial charge in [-0.3, -0.25) is 4.57 Å². The van der Waals surface area contributed by atoms with Crippen LogP contribution in [0.5, 0.6) is 0 Å². The molecule has 1 aliphatic heterocycles. The Balaban J connectivity index is 1.70. The van der Waals surface area contributed by atoms with E-state index in [2.05, 4.69) is 12.1 Å². The van der Waals surface area contributed by atoms with Gasteiger partial charge >= 0.3 is 0 Å². The molecule has 1 unspecified atom stereocenters. The zero-order valence-corrected chi connectivity index (χ0v) is 16.4. The fourth-order valence-electron chi connectivity index (χ4n) is 3.78. The molecule has 4 rings (SSSR count). The number of quaternary nitrogens is 1. The van der Waals surface area contributed by atoms with Crippen molar-refractivity contribution in [3.63, 3.8) is 0 Å². The molecular formula is C21H24FN4OS+. The SMILES string of the molecule is O[C@H]1CCC[NH+](Cn2nc(Cc3ccccc3)n(-c3ccc(F)cc3)c2=S)C1. The van der Waals surface area contributed by atoms with Crippen LogP contribution in [0.2, 0.25) is 0 Å². The molecule has 5 nitrogen and oxygen atoms in total. The van der Waals surface area contributed by atoms with Crippen LogP contribution in [0.3, 0.4) is 0 Å². The highest BCUT2D eigenvalue weighted by Crippen LogP contribution is 2.16. The van der Waals surface area contributed by atoms with Crippen molar-refractivity contribution >= 4 is 12.2 Å². The van der Waals surface area contributed by atoms with Crippen LogP contribution in [0.25, 0.3) is 5.69 Å². The number of nitrogens with zero attached hydrogens (tertiary/aromatic N) is 3. The number of rotatable bonds is 5. The number of hydrogen-bond donors (Lipinski definition) is 2. The van der Waals surface area contributed by atoms with E-state index in [1.807, 2.05) is 27.4 Å². The summed E-state index contributed by atoms with van der Waals surface area (Å²) in [7, 11) is 0. The number of benzene rings is 2. The van der Waals surface area contributed by atoms with Crippen molar-refractivity contribution < 1.29 is 14.4 Å². The van der Waals surface area contributed by atoms with Gasteiger partial charge < -0.3 is 10.0 Å². The third-order valence-corrected chi connectivity index (χ3v) is 5.55. The number of hydrogen-bond acceptors (Lipinski definition) is 3. The lowest BCUT2D eigenvalue weighted by atomic mass is 10.1. The number of aromatic nitrogens is 3. The molecule has 2 heterocycles. The van der Waals surface area contributed by atoms with Crippen LogP contribution in [-0.4, -0.2) is 38.6 Å². The van der Waals surface area contributed by atoms with Crippen LogP contribution in [0.4, 0.5) is 4.39 Å². The predicted molar refractivity (Wildman–Crippen MR) is 108 cm³/mol. The standard InChI is InChI=1S/C21H23FN4OS/c22-17-8-10-18(11-9-17)26-20(13-16-5-2-1-3-6-16)23-25(21(26)28)15-24-12-4-7-19(27)14-24/h1-3,5-6,8-11,19,27H,4,7,12-15H2/p+1/t19-/m0/s1.